The van der Waals surface area contributed by atoms with Crippen molar-refractivity contribution in [3.63, 3.8) is 0 Å². The smallest absolute Gasteiger partial charge is 0.393 e. The van der Waals surface area contributed by atoms with E-state index in [9.17, 15) is 13.2 Å². The number of hydrogen-bond donors (Lipinski definition) is 1. The fraction of sp³-hybridized carbons (Fsp3) is 0.900. The van der Waals surface area contributed by atoms with Gasteiger partial charge in [-0.05, 0) is 25.3 Å². The second-order valence-electron chi connectivity index (χ2n) is 4.69. The summed E-state index contributed by atoms with van der Waals surface area (Å²) >= 11 is 4.47. The molecule has 3 unspecified atom stereocenters. The summed E-state index contributed by atoms with van der Waals surface area (Å²) in [5.74, 6) is -0.525. The van der Waals surface area contributed by atoms with Crippen LogP contribution in [0.5, 0.6) is 0 Å². The van der Waals surface area contributed by atoms with Crippen LogP contribution in [0.15, 0.2) is 0 Å². The fourth-order valence-corrected chi connectivity index (χ4v) is 2.00. The van der Waals surface area contributed by atoms with Crippen LogP contribution < -0.4 is 5.73 Å². The van der Waals surface area contributed by atoms with E-state index in [1.54, 1.807) is 11.9 Å². The van der Waals surface area contributed by atoms with Crippen LogP contribution in [0.4, 0.5) is 13.2 Å². The molecule has 1 aliphatic rings. The molecule has 1 aliphatic carbocycles. The molecular formula is C10H17F3N2S. The minimum Gasteiger partial charge on any atom is -0.393 e. The Hall–Kier alpha value is -0.360. The first-order valence-electron chi connectivity index (χ1n) is 5.26. The van der Waals surface area contributed by atoms with E-state index in [0.717, 1.165) is 6.42 Å². The van der Waals surface area contributed by atoms with Crippen LogP contribution in [-0.4, -0.2) is 36.2 Å². The molecular weight excluding hydrogens is 237 g/mol. The van der Waals surface area contributed by atoms with Crippen molar-refractivity contribution in [2.45, 2.75) is 19.5 Å². The summed E-state index contributed by atoms with van der Waals surface area (Å²) in [6.45, 7) is 2.66. The van der Waals surface area contributed by atoms with Gasteiger partial charge in [-0.25, -0.2) is 0 Å². The van der Waals surface area contributed by atoms with Crippen LogP contribution in [0.25, 0.3) is 0 Å². The van der Waals surface area contributed by atoms with Crippen molar-refractivity contribution in [2.75, 3.05) is 20.1 Å². The van der Waals surface area contributed by atoms with E-state index in [-0.39, 0.29) is 6.54 Å². The molecule has 0 radical (unpaired) electrons. The monoisotopic (exact) mass is 254 g/mol. The largest absolute Gasteiger partial charge is 0.399 e. The molecule has 0 amide bonds. The summed E-state index contributed by atoms with van der Waals surface area (Å²) in [7, 11) is 1.68. The van der Waals surface area contributed by atoms with Gasteiger partial charge in [0.25, 0.3) is 0 Å². The molecule has 0 bridgehead atoms. The van der Waals surface area contributed by atoms with Crippen molar-refractivity contribution in [3.8, 4) is 0 Å². The molecule has 94 valence electrons. The van der Waals surface area contributed by atoms with Crippen molar-refractivity contribution in [1.82, 2.24) is 4.90 Å². The lowest BCUT2D eigenvalue weighted by atomic mass is 10.1. The van der Waals surface area contributed by atoms with Gasteiger partial charge in [-0.15, -0.1) is 0 Å². The quantitative estimate of drug-likeness (QED) is 0.761. The van der Waals surface area contributed by atoms with Gasteiger partial charge < -0.3 is 10.6 Å². The number of halogens is 3. The Morgan fingerprint density at radius 3 is 2.38 bits per heavy atom. The number of alkyl halides is 3. The average Bonchev–Trinajstić information content (AvgIpc) is 2.75. The maximum absolute atomic E-state index is 12.6. The second-order valence-corrected chi connectivity index (χ2v) is 5.16. The summed E-state index contributed by atoms with van der Waals surface area (Å²) in [6.07, 6.45) is -3.23. The molecule has 0 aromatic rings. The predicted molar refractivity (Wildman–Crippen MR) is 61.1 cm³/mol. The molecule has 3 atom stereocenters. The Labute approximate surface area is 99.0 Å². The van der Waals surface area contributed by atoms with Crippen molar-refractivity contribution >= 4 is 17.2 Å². The van der Waals surface area contributed by atoms with E-state index in [4.69, 9.17) is 5.73 Å². The molecule has 1 fully saturated rings. The molecule has 0 aromatic carbocycles. The van der Waals surface area contributed by atoms with Gasteiger partial charge in [-0.1, -0.05) is 19.1 Å². The SMILES string of the molecule is CC1CC1CN(C)CC(C(N)=S)C(F)(F)F. The van der Waals surface area contributed by atoms with Crippen molar-refractivity contribution in [1.29, 1.82) is 0 Å². The minimum atomic E-state index is -4.34. The van der Waals surface area contributed by atoms with E-state index < -0.39 is 17.1 Å². The zero-order valence-electron chi connectivity index (χ0n) is 9.42. The minimum absolute atomic E-state index is 0.137. The Balaban J connectivity index is 2.45. The highest BCUT2D eigenvalue weighted by molar-refractivity contribution is 7.80. The molecule has 2 N–H and O–H groups in total. The van der Waals surface area contributed by atoms with E-state index in [2.05, 4.69) is 19.1 Å². The Kier molecular flexibility index (Phi) is 4.17. The first kappa shape index (κ1) is 13.7. The van der Waals surface area contributed by atoms with Crippen LogP contribution in [0, 0.1) is 17.8 Å². The maximum atomic E-state index is 12.6. The number of hydrogen-bond acceptors (Lipinski definition) is 2. The third kappa shape index (κ3) is 3.90. The molecule has 16 heavy (non-hydrogen) atoms. The lowest BCUT2D eigenvalue weighted by Crippen LogP contribution is -2.42. The number of nitrogens with two attached hydrogens (primary N) is 1. The standard InChI is InChI=1S/C10H17F3N2S/c1-6-3-7(6)4-15(2)5-8(9(14)16)10(11,12)13/h6-8H,3-5H2,1-2H3,(H2,14,16). The first-order chi connectivity index (χ1) is 7.21. The number of nitrogens with zero attached hydrogens (tertiary/aromatic N) is 1. The van der Waals surface area contributed by atoms with Crippen LogP contribution in [0.3, 0.4) is 0 Å². The molecule has 1 saturated carbocycles. The summed E-state index contributed by atoms with van der Waals surface area (Å²) in [4.78, 5) is 1.20. The van der Waals surface area contributed by atoms with Crippen LogP contribution in [-0.2, 0) is 0 Å². The van der Waals surface area contributed by atoms with Gasteiger partial charge in [0.15, 0.2) is 0 Å². The molecule has 2 nitrogen and oxygen atoms in total. The predicted octanol–water partition coefficient (Wildman–Crippen LogP) is 2.04. The fourth-order valence-electron chi connectivity index (χ4n) is 1.79. The molecule has 0 spiro atoms. The zero-order chi connectivity index (χ0) is 12.5. The van der Waals surface area contributed by atoms with Gasteiger partial charge in [0, 0.05) is 13.1 Å². The van der Waals surface area contributed by atoms with Crippen LogP contribution in [0.2, 0.25) is 0 Å². The zero-order valence-corrected chi connectivity index (χ0v) is 10.2. The highest BCUT2D eigenvalue weighted by Crippen LogP contribution is 2.38. The first-order valence-corrected chi connectivity index (χ1v) is 5.67. The Bertz CT molecular complexity index is 267. The summed E-state index contributed by atoms with van der Waals surface area (Å²) in [6, 6.07) is 0. The average molecular weight is 254 g/mol. The molecule has 0 aliphatic heterocycles. The van der Waals surface area contributed by atoms with E-state index >= 15 is 0 Å². The van der Waals surface area contributed by atoms with Gasteiger partial charge in [-0.3, -0.25) is 0 Å². The van der Waals surface area contributed by atoms with E-state index in [1.165, 1.54) is 0 Å². The summed E-state index contributed by atoms with van der Waals surface area (Å²) < 4.78 is 37.7. The summed E-state index contributed by atoms with van der Waals surface area (Å²) in [5.41, 5.74) is 5.13. The van der Waals surface area contributed by atoms with Gasteiger partial charge in [-0.2, -0.15) is 13.2 Å². The lowest BCUT2D eigenvalue weighted by Gasteiger charge is -2.25. The van der Waals surface area contributed by atoms with Crippen molar-refractivity contribution < 1.29 is 13.2 Å². The van der Waals surface area contributed by atoms with Gasteiger partial charge in [0.1, 0.15) is 5.92 Å². The molecule has 0 saturated heterocycles. The normalized spacial score (nSPS) is 26.9. The van der Waals surface area contributed by atoms with E-state index in [1.807, 2.05) is 0 Å². The third-order valence-electron chi connectivity index (χ3n) is 3.06. The number of rotatable bonds is 5. The molecule has 1 rings (SSSR count). The maximum Gasteiger partial charge on any atom is 0.399 e. The second kappa shape index (κ2) is 4.87. The van der Waals surface area contributed by atoms with Crippen molar-refractivity contribution in [3.05, 3.63) is 0 Å². The lowest BCUT2D eigenvalue weighted by molar-refractivity contribution is -0.158. The highest BCUT2D eigenvalue weighted by Gasteiger charge is 2.43. The molecule has 6 heteroatoms. The van der Waals surface area contributed by atoms with Gasteiger partial charge in [0.2, 0.25) is 0 Å². The molecule has 0 aromatic heterocycles. The van der Waals surface area contributed by atoms with Crippen LogP contribution >= 0.6 is 12.2 Å². The molecule has 0 heterocycles. The Morgan fingerprint density at radius 1 is 1.56 bits per heavy atom. The van der Waals surface area contributed by atoms with E-state index in [0.29, 0.717) is 18.4 Å². The topological polar surface area (TPSA) is 29.3 Å². The van der Waals surface area contributed by atoms with Crippen LogP contribution in [0.1, 0.15) is 13.3 Å². The number of thiocarbonyl (C=S) groups is 1. The van der Waals surface area contributed by atoms with Crippen molar-refractivity contribution in [2.24, 2.45) is 23.5 Å². The third-order valence-corrected chi connectivity index (χ3v) is 3.34. The highest BCUT2D eigenvalue weighted by atomic mass is 32.1. The summed E-state index contributed by atoms with van der Waals surface area (Å²) in [5, 5.41) is 0. The van der Waals surface area contributed by atoms with Gasteiger partial charge in [0.05, 0.1) is 4.99 Å². The Morgan fingerprint density at radius 2 is 2.06 bits per heavy atom. The van der Waals surface area contributed by atoms with Gasteiger partial charge >= 0.3 is 6.18 Å².